The predicted octanol–water partition coefficient (Wildman–Crippen LogP) is 1.44. The number of halogens is 1. The van der Waals surface area contributed by atoms with E-state index in [0.29, 0.717) is 5.75 Å². The molecule has 0 radical (unpaired) electrons. The number of nitrogens with two attached hydrogens (primary N) is 1. The van der Waals surface area contributed by atoms with Gasteiger partial charge in [-0.25, -0.2) is 0 Å². The molecule has 3 N–H and O–H groups in total. The summed E-state index contributed by atoms with van der Waals surface area (Å²) in [7, 11) is 2.84. The number of hydrogen-bond acceptors (Lipinski definition) is 4. The monoisotopic (exact) mass is 245 g/mol. The van der Waals surface area contributed by atoms with Crippen LogP contribution in [0.5, 0.6) is 11.5 Å². The van der Waals surface area contributed by atoms with Crippen molar-refractivity contribution in [2.75, 3.05) is 14.2 Å². The number of methoxy groups -OCH3 is 2. The first-order chi connectivity index (χ1) is 7.52. The van der Waals surface area contributed by atoms with Crippen molar-refractivity contribution in [1.82, 2.24) is 0 Å². The molecule has 0 aliphatic carbocycles. The van der Waals surface area contributed by atoms with Crippen molar-refractivity contribution in [3.63, 3.8) is 0 Å². The lowest BCUT2D eigenvalue weighted by atomic mass is 10.1. The number of carboxylic acid groups (broad SMARTS) is 1. The van der Waals surface area contributed by atoms with Crippen molar-refractivity contribution < 1.29 is 19.4 Å². The highest BCUT2D eigenvalue weighted by atomic mass is 35.5. The second kappa shape index (κ2) is 5.05. The number of hydrogen-bond donors (Lipinski definition) is 2. The first-order valence-corrected chi connectivity index (χ1v) is 4.79. The highest BCUT2D eigenvalue weighted by Gasteiger charge is 2.24. The Kier molecular flexibility index (Phi) is 3.98. The molecule has 0 amide bonds. The molecule has 88 valence electrons. The number of benzene rings is 1. The average Bonchev–Trinajstić information content (AvgIpc) is 2.27. The first-order valence-electron chi connectivity index (χ1n) is 4.41. The van der Waals surface area contributed by atoms with Crippen LogP contribution in [0.2, 0.25) is 5.02 Å². The number of carboxylic acids is 1. The maximum absolute atomic E-state index is 10.8. The number of ether oxygens (including phenoxy) is 2. The van der Waals surface area contributed by atoms with Crippen molar-refractivity contribution >= 4 is 17.6 Å². The molecule has 6 heteroatoms. The zero-order valence-corrected chi connectivity index (χ0v) is 9.62. The van der Waals surface area contributed by atoms with Crippen LogP contribution < -0.4 is 15.2 Å². The fourth-order valence-corrected chi connectivity index (χ4v) is 1.61. The van der Waals surface area contributed by atoms with Gasteiger partial charge in [0.1, 0.15) is 6.04 Å². The molecule has 0 aliphatic heterocycles. The summed E-state index contributed by atoms with van der Waals surface area (Å²) in [5.74, 6) is -0.558. The summed E-state index contributed by atoms with van der Waals surface area (Å²) in [4.78, 5) is 10.8. The maximum atomic E-state index is 10.8. The number of carbonyl (C=O) groups is 1. The van der Waals surface area contributed by atoms with Gasteiger partial charge < -0.3 is 20.3 Å². The molecule has 1 unspecified atom stereocenters. The number of rotatable bonds is 4. The molecule has 0 bridgehead atoms. The predicted molar refractivity (Wildman–Crippen MR) is 59.1 cm³/mol. The fraction of sp³-hybridized carbons (Fsp3) is 0.300. The summed E-state index contributed by atoms with van der Waals surface area (Å²) in [6.45, 7) is 0. The van der Waals surface area contributed by atoms with Crippen molar-refractivity contribution in [2.45, 2.75) is 6.04 Å². The molecule has 0 saturated carbocycles. The molecule has 1 atom stereocenters. The lowest BCUT2D eigenvalue weighted by Gasteiger charge is -2.16. The molecule has 0 saturated heterocycles. The van der Waals surface area contributed by atoms with Crippen LogP contribution in [0, 0.1) is 0 Å². The minimum absolute atomic E-state index is 0.205. The molecule has 5 nitrogen and oxygen atoms in total. The topological polar surface area (TPSA) is 81.8 Å². The maximum Gasteiger partial charge on any atom is 0.325 e. The zero-order chi connectivity index (χ0) is 12.3. The summed E-state index contributed by atoms with van der Waals surface area (Å²) in [6, 6.07) is 1.85. The van der Waals surface area contributed by atoms with E-state index in [9.17, 15) is 4.79 Å². The van der Waals surface area contributed by atoms with Crippen molar-refractivity contribution in [2.24, 2.45) is 5.73 Å². The molecule has 0 heterocycles. The first kappa shape index (κ1) is 12.6. The number of aliphatic carboxylic acids is 1. The fourth-order valence-electron chi connectivity index (χ4n) is 1.34. The van der Waals surface area contributed by atoms with Crippen molar-refractivity contribution in [3.8, 4) is 11.5 Å². The largest absolute Gasteiger partial charge is 0.493 e. The Balaban J connectivity index is 3.39. The van der Waals surface area contributed by atoms with Gasteiger partial charge in [-0.15, -0.1) is 0 Å². The van der Waals surface area contributed by atoms with Gasteiger partial charge in [-0.1, -0.05) is 11.6 Å². The smallest absolute Gasteiger partial charge is 0.325 e. The summed E-state index contributed by atoms with van der Waals surface area (Å²) < 4.78 is 10.1. The van der Waals surface area contributed by atoms with Gasteiger partial charge in [-0.3, -0.25) is 4.79 Å². The normalized spacial score (nSPS) is 12.0. The minimum Gasteiger partial charge on any atom is -0.493 e. The standard InChI is InChI=1S/C10H12ClNO4/c1-15-6-4-3-5(11)7(9(6)16-2)8(12)10(13)14/h3-4,8H,12H2,1-2H3,(H,13,14). The van der Waals surface area contributed by atoms with Crippen molar-refractivity contribution in [3.05, 3.63) is 22.7 Å². The van der Waals surface area contributed by atoms with E-state index in [1.54, 1.807) is 6.07 Å². The minimum atomic E-state index is -1.25. The Bertz CT molecular complexity index is 408. The van der Waals surface area contributed by atoms with Gasteiger partial charge in [-0.2, -0.15) is 0 Å². The van der Waals surface area contributed by atoms with Crippen LogP contribution in [-0.2, 0) is 4.79 Å². The van der Waals surface area contributed by atoms with Gasteiger partial charge >= 0.3 is 5.97 Å². The summed E-state index contributed by atoms with van der Waals surface area (Å²) >= 11 is 5.90. The van der Waals surface area contributed by atoms with E-state index in [4.69, 9.17) is 31.9 Å². The summed E-state index contributed by atoms with van der Waals surface area (Å²) in [5, 5.41) is 9.09. The molecule has 1 aromatic rings. The van der Waals surface area contributed by atoms with Crippen LogP contribution in [-0.4, -0.2) is 25.3 Å². The third kappa shape index (κ3) is 2.20. The van der Waals surface area contributed by atoms with E-state index >= 15 is 0 Å². The lowest BCUT2D eigenvalue weighted by Crippen LogP contribution is -2.22. The Morgan fingerprint density at radius 1 is 1.44 bits per heavy atom. The Hall–Kier alpha value is -1.46. The van der Waals surface area contributed by atoms with E-state index in [-0.39, 0.29) is 16.3 Å². The molecule has 0 aromatic heterocycles. The zero-order valence-electron chi connectivity index (χ0n) is 8.86. The van der Waals surface area contributed by atoms with Crippen LogP contribution in [0.1, 0.15) is 11.6 Å². The van der Waals surface area contributed by atoms with E-state index in [1.165, 1.54) is 20.3 Å². The summed E-state index contributed by atoms with van der Waals surface area (Å²) in [5.41, 5.74) is 5.72. The molecule has 1 aromatic carbocycles. The lowest BCUT2D eigenvalue weighted by molar-refractivity contribution is -0.138. The van der Waals surface area contributed by atoms with Crippen LogP contribution in [0.4, 0.5) is 0 Å². The van der Waals surface area contributed by atoms with Gasteiger partial charge in [0.05, 0.1) is 14.2 Å². The van der Waals surface area contributed by atoms with Gasteiger partial charge in [0, 0.05) is 10.6 Å². The molecular formula is C10H12ClNO4. The van der Waals surface area contributed by atoms with Crippen LogP contribution in [0.25, 0.3) is 0 Å². The van der Waals surface area contributed by atoms with Crippen LogP contribution >= 0.6 is 11.6 Å². The molecule has 0 fully saturated rings. The third-order valence-electron chi connectivity index (χ3n) is 2.11. The van der Waals surface area contributed by atoms with Gasteiger partial charge in [0.15, 0.2) is 11.5 Å². The van der Waals surface area contributed by atoms with Crippen LogP contribution in [0.3, 0.4) is 0 Å². The SMILES string of the molecule is COc1ccc(Cl)c(C(N)C(=O)O)c1OC. The molecule has 0 aliphatic rings. The molecule has 16 heavy (non-hydrogen) atoms. The van der Waals surface area contributed by atoms with Crippen molar-refractivity contribution in [1.29, 1.82) is 0 Å². The Labute approximate surface area is 97.7 Å². The van der Waals surface area contributed by atoms with E-state index < -0.39 is 12.0 Å². The van der Waals surface area contributed by atoms with E-state index in [0.717, 1.165) is 0 Å². The molecule has 0 spiro atoms. The van der Waals surface area contributed by atoms with E-state index in [1.807, 2.05) is 0 Å². The second-order valence-corrected chi connectivity index (χ2v) is 3.42. The van der Waals surface area contributed by atoms with Gasteiger partial charge in [-0.05, 0) is 12.1 Å². The van der Waals surface area contributed by atoms with E-state index in [2.05, 4.69) is 0 Å². The quantitative estimate of drug-likeness (QED) is 0.839. The van der Waals surface area contributed by atoms with Crippen LogP contribution in [0.15, 0.2) is 12.1 Å². The second-order valence-electron chi connectivity index (χ2n) is 3.01. The Morgan fingerprint density at radius 2 is 2.06 bits per heavy atom. The molecule has 1 rings (SSSR count). The average molecular weight is 246 g/mol. The van der Waals surface area contributed by atoms with Gasteiger partial charge in [0.2, 0.25) is 0 Å². The summed E-state index contributed by atoms with van der Waals surface area (Å²) in [6.07, 6.45) is 0. The molecular weight excluding hydrogens is 234 g/mol. The Morgan fingerprint density at radius 3 is 2.50 bits per heavy atom. The van der Waals surface area contributed by atoms with Gasteiger partial charge in [0.25, 0.3) is 0 Å². The highest BCUT2D eigenvalue weighted by molar-refractivity contribution is 6.32. The highest BCUT2D eigenvalue weighted by Crippen LogP contribution is 2.38. The third-order valence-corrected chi connectivity index (χ3v) is 2.44.